The third-order valence-corrected chi connectivity index (χ3v) is 8.16. The summed E-state index contributed by atoms with van der Waals surface area (Å²) in [5.41, 5.74) is 1.35. The molecule has 0 aliphatic heterocycles. The summed E-state index contributed by atoms with van der Waals surface area (Å²) in [6.07, 6.45) is 5.05. The quantitative estimate of drug-likeness (QED) is 0.198. The van der Waals surface area contributed by atoms with Crippen LogP contribution in [-0.4, -0.2) is 58.2 Å². The van der Waals surface area contributed by atoms with E-state index >= 15 is 0 Å². The molecule has 4 rings (SSSR count). The highest BCUT2D eigenvalue weighted by Gasteiger charge is 2.38. The van der Waals surface area contributed by atoms with E-state index in [1.54, 1.807) is 6.92 Å². The van der Waals surface area contributed by atoms with Gasteiger partial charge in [0.05, 0.1) is 12.5 Å². The van der Waals surface area contributed by atoms with Gasteiger partial charge in [-0.3, -0.25) is 14.4 Å². The summed E-state index contributed by atoms with van der Waals surface area (Å²) in [5.74, 6) is -1.65. The van der Waals surface area contributed by atoms with E-state index < -0.39 is 35.5 Å². The Labute approximate surface area is 252 Å². The molecule has 1 saturated carbocycles. The number of aliphatic carboxylic acids is 1. The van der Waals surface area contributed by atoms with Crippen LogP contribution in [0.3, 0.4) is 0 Å². The molecule has 0 unspecified atom stereocenters. The van der Waals surface area contributed by atoms with Crippen LogP contribution >= 0.6 is 0 Å². The number of para-hydroxylation sites is 1. The summed E-state index contributed by atoms with van der Waals surface area (Å²) in [5, 5.41) is 18.6. The average Bonchev–Trinajstić information content (AvgIpc) is 3.38. The minimum Gasteiger partial charge on any atom is -0.481 e. The summed E-state index contributed by atoms with van der Waals surface area (Å²) < 4.78 is 5.84. The Morgan fingerprint density at radius 3 is 2.49 bits per heavy atom. The lowest BCUT2D eigenvalue weighted by Gasteiger charge is -2.34. The molecule has 1 heterocycles. The number of fused-ring (bicyclic) bond motifs is 1. The highest BCUT2D eigenvalue weighted by atomic mass is 16.6. The van der Waals surface area contributed by atoms with Crippen molar-refractivity contribution in [2.75, 3.05) is 6.54 Å². The molecule has 1 aliphatic carbocycles. The van der Waals surface area contributed by atoms with E-state index in [0.717, 1.165) is 47.7 Å². The van der Waals surface area contributed by atoms with Crippen molar-refractivity contribution < 1.29 is 29.0 Å². The number of carboxylic acids is 1. The number of carbonyl (C=O) groups is 4. The smallest absolute Gasteiger partial charge is 0.408 e. The van der Waals surface area contributed by atoms with Crippen LogP contribution in [0.1, 0.15) is 63.5 Å². The van der Waals surface area contributed by atoms with Crippen LogP contribution in [-0.2, 0) is 32.0 Å². The second-order valence-electron chi connectivity index (χ2n) is 11.8. The summed E-state index contributed by atoms with van der Waals surface area (Å²) in [4.78, 5) is 53.8. The summed E-state index contributed by atoms with van der Waals surface area (Å²) in [7, 11) is 0. The Bertz CT molecular complexity index is 1410. The van der Waals surface area contributed by atoms with E-state index in [2.05, 4.69) is 27.9 Å². The third kappa shape index (κ3) is 9.07. The summed E-state index contributed by atoms with van der Waals surface area (Å²) in [6, 6.07) is 16.8. The van der Waals surface area contributed by atoms with Gasteiger partial charge in [0.15, 0.2) is 0 Å². The highest BCUT2D eigenvalue weighted by molar-refractivity contribution is 5.92. The van der Waals surface area contributed by atoms with Crippen molar-refractivity contribution in [1.29, 1.82) is 0 Å². The van der Waals surface area contributed by atoms with Gasteiger partial charge in [-0.15, -0.1) is 0 Å². The zero-order valence-electron chi connectivity index (χ0n) is 24.9. The fraction of sp³-hybridized carbons (Fsp3) is 0.455. The van der Waals surface area contributed by atoms with Crippen LogP contribution in [0.25, 0.3) is 10.9 Å². The predicted molar refractivity (Wildman–Crippen MR) is 163 cm³/mol. The van der Waals surface area contributed by atoms with Crippen molar-refractivity contribution in [2.45, 2.75) is 82.9 Å². The molecule has 0 radical (unpaired) electrons. The molecule has 4 atom stereocenters. The number of amides is 3. The third-order valence-electron chi connectivity index (χ3n) is 8.16. The van der Waals surface area contributed by atoms with Gasteiger partial charge in [-0.05, 0) is 55.7 Å². The van der Waals surface area contributed by atoms with Crippen molar-refractivity contribution in [2.24, 2.45) is 5.92 Å². The van der Waals surface area contributed by atoms with Gasteiger partial charge in [0.1, 0.15) is 11.6 Å². The number of rotatable bonds is 13. The van der Waals surface area contributed by atoms with Crippen LogP contribution in [0.2, 0.25) is 0 Å². The van der Waals surface area contributed by atoms with E-state index in [1.165, 1.54) is 0 Å². The molecular formula is C33H42N4O6. The summed E-state index contributed by atoms with van der Waals surface area (Å²) in [6.45, 7) is 3.85. The largest absolute Gasteiger partial charge is 0.481 e. The molecule has 3 amide bonds. The molecule has 5 N–H and O–H groups in total. The van der Waals surface area contributed by atoms with Gasteiger partial charge < -0.3 is 30.8 Å². The van der Waals surface area contributed by atoms with Crippen LogP contribution in [0, 0.1) is 5.92 Å². The van der Waals surface area contributed by atoms with E-state index in [1.807, 2.05) is 60.8 Å². The Morgan fingerprint density at radius 2 is 1.74 bits per heavy atom. The molecule has 0 spiro atoms. The standard InChI is InChI=1S/C33H42N4O6/c1-22-10-6-9-15-28(22)43-32(42)37-33(2,19-24-20-34-27-14-8-7-13-26(24)27)31(41)36-25(18-23-11-4-3-5-12-23)21-35-29(38)16-17-30(39)40/h3-5,7-8,11-14,20,22,25,28,34H,6,9-10,15-19,21H2,1-2H3,(H,35,38)(H,36,41)(H,37,42)(H,39,40)/t22-,25+,28-,33-/m1/s1. The molecule has 2 aromatic carbocycles. The van der Waals surface area contributed by atoms with Crippen LogP contribution in [0.15, 0.2) is 60.8 Å². The molecule has 3 aromatic rings. The molecule has 0 bridgehead atoms. The van der Waals surface area contributed by atoms with E-state index in [9.17, 15) is 19.2 Å². The van der Waals surface area contributed by atoms with Gasteiger partial charge in [0.2, 0.25) is 11.8 Å². The number of aromatic nitrogens is 1. The fourth-order valence-corrected chi connectivity index (χ4v) is 5.65. The van der Waals surface area contributed by atoms with E-state index in [4.69, 9.17) is 9.84 Å². The number of carboxylic acid groups (broad SMARTS) is 1. The van der Waals surface area contributed by atoms with Crippen molar-refractivity contribution in [3.63, 3.8) is 0 Å². The maximum atomic E-state index is 14.1. The number of hydrogen-bond acceptors (Lipinski definition) is 5. The van der Waals surface area contributed by atoms with Gasteiger partial charge in [-0.2, -0.15) is 0 Å². The minimum absolute atomic E-state index is 0.0896. The van der Waals surface area contributed by atoms with Crippen molar-refractivity contribution >= 4 is 34.8 Å². The van der Waals surface area contributed by atoms with Gasteiger partial charge in [-0.25, -0.2) is 4.79 Å². The zero-order chi connectivity index (χ0) is 30.8. The molecule has 43 heavy (non-hydrogen) atoms. The van der Waals surface area contributed by atoms with Crippen LogP contribution in [0.4, 0.5) is 4.79 Å². The van der Waals surface area contributed by atoms with E-state index in [0.29, 0.717) is 6.42 Å². The lowest BCUT2D eigenvalue weighted by Crippen LogP contribution is -2.61. The fourth-order valence-electron chi connectivity index (χ4n) is 5.65. The minimum atomic E-state index is -1.39. The maximum Gasteiger partial charge on any atom is 0.408 e. The Balaban J connectivity index is 1.55. The SMILES string of the molecule is C[C@@H]1CCCC[C@H]1OC(=O)N[C@](C)(Cc1c[nH]c2ccccc12)C(=O)N[C@H](CNC(=O)CCC(=O)O)Cc1ccccc1. The number of aromatic amines is 1. The lowest BCUT2D eigenvalue weighted by molar-refractivity contribution is -0.138. The van der Waals surface area contributed by atoms with Gasteiger partial charge in [0, 0.05) is 36.5 Å². The molecular weight excluding hydrogens is 548 g/mol. The van der Waals surface area contributed by atoms with Crippen molar-refractivity contribution in [3.05, 3.63) is 71.9 Å². The predicted octanol–water partition coefficient (Wildman–Crippen LogP) is 4.48. The molecule has 230 valence electrons. The number of nitrogens with one attached hydrogen (secondary N) is 4. The van der Waals surface area contributed by atoms with E-state index in [-0.39, 0.29) is 37.8 Å². The Hall–Kier alpha value is -4.34. The van der Waals surface area contributed by atoms with Gasteiger partial charge in [0.25, 0.3) is 0 Å². The maximum absolute atomic E-state index is 14.1. The number of benzene rings is 2. The number of carbonyl (C=O) groups excluding carboxylic acids is 3. The number of hydrogen-bond donors (Lipinski definition) is 5. The monoisotopic (exact) mass is 590 g/mol. The number of H-pyrrole nitrogens is 1. The molecule has 10 heteroatoms. The van der Waals surface area contributed by atoms with Crippen molar-refractivity contribution in [1.82, 2.24) is 20.9 Å². The van der Waals surface area contributed by atoms with Gasteiger partial charge >= 0.3 is 12.1 Å². The second-order valence-corrected chi connectivity index (χ2v) is 11.8. The van der Waals surface area contributed by atoms with Crippen LogP contribution in [0.5, 0.6) is 0 Å². The highest BCUT2D eigenvalue weighted by Crippen LogP contribution is 2.27. The molecule has 1 aromatic heterocycles. The lowest BCUT2D eigenvalue weighted by atomic mass is 9.88. The van der Waals surface area contributed by atoms with Crippen molar-refractivity contribution in [3.8, 4) is 0 Å². The zero-order valence-corrected chi connectivity index (χ0v) is 24.9. The topological polar surface area (TPSA) is 150 Å². The normalized spacial score (nSPS) is 18.7. The molecule has 10 nitrogen and oxygen atoms in total. The first-order valence-electron chi connectivity index (χ1n) is 15.0. The second kappa shape index (κ2) is 14.7. The Kier molecular flexibility index (Phi) is 10.8. The Morgan fingerprint density at radius 1 is 1.02 bits per heavy atom. The average molecular weight is 591 g/mol. The first-order chi connectivity index (χ1) is 20.6. The summed E-state index contributed by atoms with van der Waals surface area (Å²) >= 11 is 0. The first kappa shape index (κ1) is 31.6. The molecule has 1 aliphatic rings. The number of alkyl carbamates (subject to hydrolysis) is 1. The van der Waals surface area contributed by atoms with Crippen LogP contribution < -0.4 is 16.0 Å². The number of ether oxygens (including phenoxy) is 1. The molecule has 1 fully saturated rings. The first-order valence-corrected chi connectivity index (χ1v) is 15.0. The van der Waals surface area contributed by atoms with Gasteiger partial charge in [-0.1, -0.05) is 61.9 Å². The molecule has 0 saturated heterocycles.